The van der Waals surface area contributed by atoms with Crippen molar-refractivity contribution in [3.05, 3.63) is 59.1 Å². The third kappa shape index (κ3) is 3.97. The van der Waals surface area contributed by atoms with Gasteiger partial charge in [0.2, 0.25) is 0 Å². The highest BCUT2D eigenvalue weighted by atomic mass is 35.5. The molecule has 0 aliphatic rings. The van der Waals surface area contributed by atoms with Crippen LogP contribution in [0.15, 0.2) is 53.4 Å². The van der Waals surface area contributed by atoms with Gasteiger partial charge in [0.1, 0.15) is 5.75 Å². The van der Waals surface area contributed by atoms with Gasteiger partial charge < -0.3 is 4.74 Å². The molecule has 0 atom stereocenters. The average Bonchev–Trinajstić information content (AvgIpc) is 2.40. The molecule has 0 aliphatic carbocycles. The van der Waals surface area contributed by atoms with E-state index in [1.165, 1.54) is 4.90 Å². The molecule has 2 aromatic carbocycles. The van der Waals surface area contributed by atoms with Gasteiger partial charge in [0.25, 0.3) is 0 Å². The minimum absolute atomic E-state index is 0.655. The highest BCUT2D eigenvalue weighted by Crippen LogP contribution is 2.25. The summed E-state index contributed by atoms with van der Waals surface area (Å²) in [7, 11) is 0. The molecule has 2 aromatic rings. The standard InChI is InChI=1S/C15H15ClOS/c1-12-7-8-14(16)15(11-12)17-9-10-18-13-5-3-2-4-6-13/h2-8,11H,9-10H2,1H3. The Hall–Kier alpha value is -1.12. The molecule has 0 aliphatic heterocycles. The molecule has 18 heavy (non-hydrogen) atoms. The van der Waals surface area contributed by atoms with E-state index in [4.69, 9.17) is 16.3 Å². The van der Waals surface area contributed by atoms with Gasteiger partial charge in [-0.3, -0.25) is 0 Å². The fourth-order valence-corrected chi connectivity index (χ4v) is 2.47. The highest BCUT2D eigenvalue weighted by molar-refractivity contribution is 7.99. The van der Waals surface area contributed by atoms with Crippen LogP contribution >= 0.6 is 23.4 Å². The second kappa shape index (κ2) is 6.72. The molecule has 0 unspecified atom stereocenters. The van der Waals surface area contributed by atoms with E-state index in [0.717, 1.165) is 17.1 Å². The van der Waals surface area contributed by atoms with Crippen molar-refractivity contribution in [3.63, 3.8) is 0 Å². The van der Waals surface area contributed by atoms with Crippen molar-refractivity contribution in [2.45, 2.75) is 11.8 Å². The van der Waals surface area contributed by atoms with Gasteiger partial charge >= 0.3 is 0 Å². The zero-order valence-corrected chi connectivity index (χ0v) is 11.8. The topological polar surface area (TPSA) is 9.23 Å². The number of hydrogen-bond donors (Lipinski definition) is 0. The van der Waals surface area contributed by atoms with E-state index >= 15 is 0 Å². The molecule has 2 rings (SSSR count). The summed E-state index contributed by atoms with van der Waals surface area (Å²) in [5.41, 5.74) is 1.16. The van der Waals surface area contributed by atoms with E-state index in [2.05, 4.69) is 12.1 Å². The van der Waals surface area contributed by atoms with Gasteiger partial charge in [0, 0.05) is 10.6 Å². The second-order valence-electron chi connectivity index (χ2n) is 3.94. The first-order valence-corrected chi connectivity index (χ1v) is 7.19. The van der Waals surface area contributed by atoms with E-state index in [1.54, 1.807) is 11.8 Å². The van der Waals surface area contributed by atoms with E-state index in [0.29, 0.717) is 11.6 Å². The van der Waals surface area contributed by atoms with E-state index in [9.17, 15) is 0 Å². The molecule has 0 spiro atoms. The lowest BCUT2D eigenvalue weighted by Crippen LogP contribution is -2.00. The zero-order chi connectivity index (χ0) is 12.8. The number of ether oxygens (including phenoxy) is 1. The van der Waals surface area contributed by atoms with Crippen molar-refractivity contribution < 1.29 is 4.74 Å². The maximum atomic E-state index is 6.06. The number of hydrogen-bond acceptors (Lipinski definition) is 2. The molecule has 0 amide bonds. The van der Waals surface area contributed by atoms with Crippen molar-refractivity contribution in [3.8, 4) is 5.75 Å². The number of aryl methyl sites for hydroxylation is 1. The SMILES string of the molecule is Cc1ccc(Cl)c(OCCSc2ccccc2)c1. The van der Waals surface area contributed by atoms with Crippen LogP contribution in [0.2, 0.25) is 5.02 Å². The Labute approximate surface area is 117 Å². The zero-order valence-electron chi connectivity index (χ0n) is 10.2. The van der Waals surface area contributed by atoms with Crippen molar-refractivity contribution in [1.29, 1.82) is 0 Å². The first-order valence-electron chi connectivity index (χ1n) is 5.82. The van der Waals surface area contributed by atoms with Crippen LogP contribution in [-0.4, -0.2) is 12.4 Å². The molecule has 0 radical (unpaired) electrons. The van der Waals surface area contributed by atoms with Crippen LogP contribution in [0.5, 0.6) is 5.75 Å². The fourth-order valence-electron chi connectivity index (χ4n) is 1.55. The predicted octanol–water partition coefficient (Wildman–Crippen LogP) is 4.82. The molecule has 0 aromatic heterocycles. The van der Waals surface area contributed by atoms with Gasteiger partial charge in [-0.25, -0.2) is 0 Å². The summed E-state index contributed by atoms with van der Waals surface area (Å²) in [6.07, 6.45) is 0. The summed E-state index contributed by atoms with van der Waals surface area (Å²) < 4.78 is 5.69. The lowest BCUT2D eigenvalue weighted by molar-refractivity contribution is 0.344. The number of halogens is 1. The van der Waals surface area contributed by atoms with Crippen LogP contribution in [0.25, 0.3) is 0 Å². The Balaban J connectivity index is 1.80. The Kier molecular flexibility index (Phi) is 4.97. The monoisotopic (exact) mass is 278 g/mol. The van der Waals surface area contributed by atoms with Crippen LogP contribution < -0.4 is 4.74 Å². The van der Waals surface area contributed by atoms with E-state index in [1.807, 2.05) is 43.3 Å². The summed E-state index contributed by atoms with van der Waals surface area (Å²) in [5.74, 6) is 1.68. The first-order chi connectivity index (χ1) is 8.75. The third-order valence-electron chi connectivity index (χ3n) is 2.44. The van der Waals surface area contributed by atoms with Crippen molar-refractivity contribution in [2.24, 2.45) is 0 Å². The van der Waals surface area contributed by atoms with Crippen LogP contribution in [0.3, 0.4) is 0 Å². The van der Waals surface area contributed by atoms with Crippen LogP contribution in [0, 0.1) is 6.92 Å². The Bertz CT molecular complexity index is 499. The average molecular weight is 279 g/mol. The number of thioether (sulfide) groups is 1. The Morgan fingerprint density at radius 3 is 2.67 bits per heavy atom. The normalized spacial score (nSPS) is 10.3. The quantitative estimate of drug-likeness (QED) is 0.573. The molecular formula is C15H15ClOS. The minimum Gasteiger partial charge on any atom is -0.491 e. The minimum atomic E-state index is 0.655. The molecule has 0 saturated carbocycles. The third-order valence-corrected chi connectivity index (χ3v) is 3.73. The van der Waals surface area contributed by atoms with Gasteiger partial charge in [0.05, 0.1) is 11.6 Å². The van der Waals surface area contributed by atoms with Crippen LogP contribution in [0.1, 0.15) is 5.56 Å². The molecule has 0 bridgehead atoms. The highest BCUT2D eigenvalue weighted by Gasteiger charge is 2.01. The van der Waals surface area contributed by atoms with Gasteiger partial charge in [-0.15, -0.1) is 11.8 Å². The molecule has 0 N–H and O–H groups in total. The van der Waals surface area contributed by atoms with Crippen molar-refractivity contribution in [2.75, 3.05) is 12.4 Å². The van der Waals surface area contributed by atoms with Crippen LogP contribution in [-0.2, 0) is 0 Å². The molecule has 0 heterocycles. The summed E-state index contributed by atoms with van der Waals surface area (Å²) >= 11 is 7.84. The van der Waals surface area contributed by atoms with Gasteiger partial charge in [0.15, 0.2) is 0 Å². The van der Waals surface area contributed by atoms with E-state index in [-0.39, 0.29) is 0 Å². The second-order valence-corrected chi connectivity index (χ2v) is 5.52. The molecule has 0 fully saturated rings. The summed E-state index contributed by atoms with van der Waals surface area (Å²) in [6.45, 7) is 2.69. The molecule has 1 nitrogen and oxygen atoms in total. The maximum Gasteiger partial charge on any atom is 0.138 e. The maximum absolute atomic E-state index is 6.06. The molecule has 0 saturated heterocycles. The molecule has 3 heteroatoms. The summed E-state index contributed by atoms with van der Waals surface area (Å²) in [6, 6.07) is 16.1. The largest absolute Gasteiger partial charge is 0.491 e. The lowest BCUT2D eigenvalue weighted by atomic mass is 10.2. The van der Waals surface area contributed by atoms with E-state index < -0.39 is 0 Å². The Morgan fingerprint density at radius 1 is 1.11 bits per heavy atom. The van der Waals surface area contributed by atoms with Gasteiger partial charge in [-0.05, 0) is 36.8 Å². The fraction of sp³-hybridized carbons (Fsp3) is 0.200. The van der Waals surface area contributed by atoms with Crippen molar-refractivity contribution in [1.82, 2.24) is 0 Å². The Morgan fingerprint density at radius 2 is 1.89 bits per heavy atom. The summed E-state index contributed by atoms with van der Waals surface area (Å²) in [4.78, 5) is 1.26. The first kappa shape index (κ1) is 13.3. The van der Waals surface area contributed by atoms with Gasteiger partial charge in [-0.2, -0.15) is 0 Å². The van der Waals surface area contributed by atoms with Crippen molar-refractivity contribution >= 4 is 23.4 Å². The summed E-state index contributed by atoms with van der Waals surface area (Å²) in [5, 5.41) is 0.672. The number of rotatable bonds is 5. The molecule has 94 valence electrons. The number of benzene rings is 2. The predicted molar refractivity (Wildman–Crippen MR) is 78.9 cm³/mol. The molecular weight excluding hydrogens is 264 g/mol. The smallest absolute Gasteiger partial charge is 0.138 e. The lowest BCUT2D eigenvalue weighted by Gasteiger charge is -2.08. The van der Waals surface area contributed by atoms with Crippen LogP contribution in [0.4, 0.5) is 0 Å². The van der Waals surface area contributed by atoms with Gasteiger partial charge in [-0.1, -0.05) is 35.9 Å².